The summed E-state index contributed by atoms with van der Waals surface area (Å²) in [5.74, 6) is -0.624. The van der Waals surface area contributed by atoms with Crippen LogP contribution >= 0.6 is 0 Å². The molecular formula is C9H22N4O2. The number of nitrogens with two attached hydrogens (primary N) is 2. The topological polar surface area (TPSA) is 114 Å². The van der Waals surface area contributed by atoms with E-state index in [4.69, 9.17) is 16.6 Å². The maximum atomic E-state index is 10.3. The first-order valence-electron chi connectivity index (χ1n) is 5.02. The van der Waals surface area contributed by atoms with Gasteiger partial charge in [0.1, 0.15) is 6.04 Å². The lowest BCUT2D eigenvalue weighted by Gasteiger charge is -2.07. The maximum Gasteiger partial charge on any atom is 0.320 e. The van der Waals surface area contributed by atoms with E-state index >= 15 is 0 Å². The Labute approximate surface area is 90.7 Å². The number of nitrogens with zero attached hydrogens (tertiary/aromatic N) is 1. The first-order chi connectivity index (χ1) is 7.07. The molecule has 0 heterocycles. The molecule has 0 radical (unpaired) electrons. The zero-order valence-electron chi connectivity index (χ0n) is 9.66. The Balaban J connectivity index is 0. The highest BCUT2D eigenvalue weighted by atomic mass is 16.4. The van der Waals surface area contributed by atoms with Gasteiger partial charge in [-0.15, -0.1) is 0 Å². The zero-order chi connectivity index (χ0) is 12.3. The fourth-order valence-corrected chi connectivity index (χ4v) is 0.741. The van der Waals surface area contributed by atoms with Gasteiger partial charge in [0.25, 0.3) is 0 Å². The third-order valence-electron chi connectivity index (χ3n) is 1.56. The lowest BCUT2D eigenvalue weighted by atomic mass is 10.2. The molecule has 0 aliphatic carbocycles. The van der Waals surface area contributed by atoms with Crippen LogP contribution in [-0.2, 0) is 4.79 Å². The summed E-state index contributed by atoms with van der Waals surface area (Å²) in [5.41, 5.74) is 10.6. The molecule has 0 aromatic rings. The first kappa shape index (κ1) is 16.1. The molecule has 6 heteroatoms. The molecule has 0 amide bonds. The van der Waals surface area contributed by atoms with Crippen LogP contribution in [0, 0.1) is 0 Å². The van der Waals surface area contributed by atoms with E-state index < -0.39 is 12.0 Å². The second-order valence-electron chi connectivity index (χ2n) is 2.62. The summed E-state index contributed by atoms with van der Waals surface area (Å²) in [7, 11) is 1.57. The van der Waals surface area contributed by atoms with E-state index in [-0.39, 0.29) is 0 Å². The average Bonchev–Trinajstić information content (AvgIpc) is 2.26. The highest BCUT2D eigenvalue weighted by molar-refractivity contribution is 5.77. The summed E-state index contributed by atoms with van der Waals surface area (Å²) in [6.07, 6.45) is 1.09. The van der Waals surface area contributed by atoms with Crippen LogP contribution in [0.1, 0.15) is 26.7 Å². The fraction of sp³-hybridized carbons (Fsp3) is 0.778. The van der Waals surface area contributed by atoms with E-state index in [1.54, 1.807) is 7.05 Å². The third kappa shape index (κ3) is 10.6. The van der Waals surface area contributed by atoms with E-state index in [0.717, 1.165) is 0 Å². The van der Waals surface area contributed by atoms with Crippen molar-refractivity contribution in [1.82, 2.24) is 5.32 Å². The number of hydrogen-bond donors (Lipinski definition) is 4. The Morgan fingerprint density at radius 3 is 2.47 bits per heavy atom. The molecule has 6 nitrogen and oxygen atoms in total. The normalized spacial score (nSPS) is 12.4. The number of carbonyl (C=O) groups is 1. The summed E-state index contributed by atoms with van der Waals surface area (Å²) < 4.78 is 0. The van der Waals surface area contributed by atoms with Crippen LogP contribution in [0.4, 0.5) is 0 Å². The van der Waals surface area contributed by atoms with Gasteiger partial charge in [-0.2, -0.15) is 0 Å². The third-order valence-corrected chi connectivity index (χ3v) is 1.56. The maximum absolute atomic E-state index is 10.3. The van der Waals surface area contributed by atoms with E-state index in [0.29, 0.717) is 25.3 Å². The summed E-state index contributed by atoms with van der Waals surface area (Å²) in [5, 5.41) is 11.2. The molecule has 0 saturated heterocycles. The summed E-state index contributed by atoms with van der Waals surface area (Å²) in [6, 6.07) is -0.790. The smallest absolute Gasteiger partial charge is 0.320 e. The van der Waals surface area contributed by atoms with E-state index in [2.05, 4.69) is 10.3 Å². The average molecular weight is 218 g/mol. The molecule has 1 atom stereocenters. The van der Waals surface area contributed by atoms with Crippen LogP contribution in [0.2, 0.25) is 0 Å². The first-order valence-corrected chi connectivity index (χ1v) is 5.02. The molecule has 0 aliphatic heterocycles. The summed E-state index contributed by atoms with van der Waals surface area (Å²) in [4.78, 5) is 14.0. The van der Waals surface area contributed by atoms with Crippen molar-refractivity contribution in [3.8, 4) is 0 Å². The van der Waals surface area contributed by atoms with Crippen molar-refractivity contribution in [3.05, 3.63) is 0 Å². The van der Waals surface area contributed by atoms with Gasteiger partial charge in [0.15, 0.2) is 5.96 Å². The van der Waals surface area contributed by atoms with Crippen LogP contribution in [0.15, 0.2) is 4.99 Å². The summed E-state index contributed by atoms with van der Waals surface area (Å²) in [6.45, 7) is 4.59. The largest absolute Gasteiger partial charge is 0.480 e. The van der Waals surface area contributed by atoms with Gasteiger partial charge in [0, 0.05) is 13.6 Å². The van der Waals surface area contributed by atoms with Gasteiger partial charge in [-0.05, 0) is 12.8 Å². The Bertz CT molecular complexity index is 195. The number of carboxylic acid groups (broad SMARTS) is 1. The Hall–Kier alpha value is -1.30. The van der Waals surface area contributed by atoms with Crippen LogP contribution in [0.3, 0.4) is 0 Å². The Morgan fingerprint density at radius 1 is 1.53 bits per heavy atom. The van der Waals surface area contributed by atoms with Gasteiger partial charge >= 0.3 is 5.97 Å². The minimum absolute atomic E-state index is 0.351. The van der Waals surface area contributed by atoms with Gasteiger partial charge in [-0.25, -0.2) is 0 Å². The number of hydrogen-bond acceptors (Lipinski definition) is 3. The number of rotatable bonds is 5. The van der Waals surface area contributed by atoms with Crippen LogP contribution in [-0.4, -0.2) is 36.7 Å². The van der Waals surface area contributed by atoms with E-state index in [1.165, 1.54) is 0 Å². The molecule has 0 aliphatic rings. The highest BCUT2D eigenvalue weighted by Gasteiger charge is 2.09. The van der Waals surface area contributed by atoms with Crippen LogP contribution < -0.4 is 16.8 Å². The van der Waals surface area contributed by atoms with Crippen molar-refractivity contribution in [3.63, 3.8) is 0 Å². The molecule has 90 valence electrons. The molecule has 0 fully saturated rings. The van der Waals surface area contributed by atoms with Gasteiger partial charge in [-0.3, -0.25) is 9.79 Å². The second-order valence-corrected chi connectivity index (χ2v) is 2.62. The fourth-order valence-electron chi connectivity index (χ4n) is 0.741. The number of guanidine groups is 1. The molecule has 0 rings (SSSR count). The van der Waals surface area contributed by atoms with Crippen molar-refractivity contribution in [1.29, 1.82) is 0 Å². The lowest BCUT2D eigenvalue weighted by molar-refractivity contribution is -0.138. The molecule has 0 spiro atoms. The molecular weight excluding hydrogens is 196 g/mol. The van der Waals surface area contributed by atoms with Crippen molar-refractivity contribution in [2.75, 3.05) is 13.6 Å². The van der Waals surface area contributed by atoms with Gasteiger partial charge in [0.2, 0.25) is 0 Å². The van der Waals surface area contributed by atoms with Crippen molar-refractivity contribution < 1.29 is 9.90 Å². The predicted octanol–water partition coefficient (Wildman–Crippen LogP) is -0.261. The minimum atomic E-state index is -0.975. The van der Waals surface area contributed by atoms with Crippen molar-refractivity contribution >= 4 is 11.9 Å². The van der Waals surface area contributed by atoms with Crippen molar-refractivity contribution in [2.45, 2.75) is 32.7 Å². The number of aliphatic carboxylic acids is 1. The molecule has 15 heavy (non-hydrogen) atoms. The molecule has 0 saturated carbocycles. The Kier molecular flexibility index (Phi) is 11.6. The second kappa shape index (κ2) is 10.8. The molecule has 0 bridgehead atoms. The molecule has 0 unspecified atom stereocenters. The summed E-state index contributed by atoms with van der Waals surface area (Å²) >= 11 is 0. The van der Waals surface area contributed by atoms with Crippen LogP contribution in [0.5, 0.6) is 0 Å². The predicted molar refractivity (Wildman–Crippen MR) is 61.7 cm³/mol. The minimum Gasteiger partial charge on any atom is -0.480 e. The lowest BCUT2D eigenvalue weighted by Crippen LogP contribution is -2.34. The van der Waals surface area contributed by atoms with E-state index in [1.807, 2.05) is 13.8 Å². The number of aliphatic imine (C=N–C) groups is 1. The molecule has 0 aromatic heterocycles. The zero-order valence-corrected chi connectivity index (χ0v) is 9.66. The SMILES string of the molecule is CC.CN=C(N)NCCC[C@H](N)C(=O)O. The number of nitrogens with one attached hydrogen (secondary N) is 1. The monoisotopic (exact) mass is 218 g/mol. The Morgan fingerprint density at radius 2 is 2.07 bits per heavy atom. The van der Waals surface area contributed by atoms with Gasteiger partial charge in [0.05, 0.1) is 0 Å². The van der Waals surface area contributed by atoms with Gasteiger partial charge in [-0.1, -0.05) is 13.8 Å². The number of carboxylic acids is 1. The highest BCUT2D eigenvalue weighted by Crippen LogP contribution is 1.92. The van der Waals surface area contributed by atoms with Gasteiger partial charge < -0.3 is 21.9 Å². The standard InChI is InChI=1S/C7H16N4O2.C2H6/c1-10-7(9)11-4-2-3-5(8)6(12)13;1-2/h5H,2-4,8H2,1H3,(H,12,13)(H3,9,10,11);1-2H3/t5-;/m0./s1. The molecule has 6 N–H and O–H groups in total. The van der Waals surface area contributed by atoms with Crippen molar-refractivity contribution in [2.24, 2.45) is 16.5 Å². The van der Waals surface area contributed by atoms with E-state index in [9.17, 15) is 4.79 Å². The molecule has 0 aromatic carbocycles. The van der Waals surface area contributed by atoms with Crippen LogP contribution in [0.25, 0.3) is 0 Å². The quantitative estimate of drug-likeness (QED) is 0.288.